The maximum absolute atomic E-state index is 13.1. The Kier molecular flexibility index (Phi) is 4.33. The van der Waals surface area contributed by atoms with E-state index in [4.69, 9.17) is 9.47 Å². The van der Waals surface area contributed by atoms with Crippen molar-refractivity contribution in [2.45, 2.75) is 5.60 Å². The summed E-state index contributed by atoms with van der Waals surface area (Å²) in [5.41, 5.74) is 0.741. The molecule has 0 amide bonds. The van der Waals surface area contributed by atoms with Crippen LogP contribution in [0.2, 0.25) is 0 Å². The minimum atomic E-state index is -1.33. The van der Waals surface area contributed by atoms with Gasteiger partial charge in [-0.25, -0.2) is 4.79 Å². The van der Waals surface area contributed by atoms with Crippen molar-refractivity contribution in [3.05, 3.63) is 76.5 Å². The van der Waals surface area contributed by atoms with Crippen molar-refractivity contribution in [2.75, 3.05) is 0 Å². The van der Waals surface area contributed by atoms with E-state index in [0.29, 0.717) is 51.6 Å². The van der Waals surface area contributed by atoms with Gasteiger partial charge in [-0.2, -0.15) is 0 Å². The molecule has 0 saturated heterocycles. The summed E-state index contributed by atoms with van der Waals surface area (Å²) in [6.45, 7) is 0. The third-order valence-electron chi connectivity index (χ3n) is 4.98. The molecule has 9 heteroatoms. The van der Waals surface area contributed by atoms with Crippen molar-refractivity contribution in [1.29, 1.82) is 0 Å². The number of benzene rings is 3. The molecule has 5 rings (SSSR count). The third-order valence-corrected chi connectivity index (χ3v) is 9.75. The van der Waals surface area contributed by atoms with Gasteiger partial charge in [0.15, 0.2) is 5.60 Å². The smallest absolute Gasteiger partial charge is 0.341 e. The Morgan fingerprint density at radius 3 is 1.83 bits per heavy atom. The van der Waals surface area contributed by atoms with Crippen molar-refractivity contribution in [2.24, 2.45) is 0 Å². The number of ether oxygens (including phenoxy) is 2. The van der Waals surface area contributed by atoms with Crippen LogP contribution in [0.3, 0.4) is 0 Å². The normalized spacial score (nSPS) is 15.4. The molecule has 3 aromatic carbocycles. The summed E-state index contributed by atoms with van der Waals surface area (Å²) < 4.78 is 14.6. The van der Waals surface area contributed by atoms with Gasteiger partial charge < -0.3 is 19.7 Å². The quantitative estimate of drug-likeness (QED) is 0.161. The number of rotatable bonds is 0. The van der Waals surface area contributed by atoms with Gasteiger partial charge in [0, 0.05) is 46.7 Å². The van der Waals surface area contributed by atoms with Gasteiger partial charge in [-0.05, 0) is 88.0 Å². The lowest BCUT2D eigenvalue weighted by atomic mass is 9.77. The van der Waals surface area contributed by atoms with Crippen LogP contribution in [-0.4, -0.2) is 16.2 Å². The average molecular weight is 648 g/mol. The van der Waals surface area contributed by atoms with Crippen molar-refractivity contribution in [3.63, 3.8) is 0 Å². The fourth-order valence-corrected chi connectivity index (χ4v) is 6.37. The molecule has 0 aromatic heterocycles. The zero-order valence-electron chi connectivity index (χ0n) is 14.1. The average Bonchev–Trinajstić information content (AvgIpc) is 2.97. The van der Waals surface area contributed by atoms with Gasteiger partial charge in [0.1, 0.15) is 23.0 Å². The summed E-state index contributed by atoms with van der Waals surface area (Å²) in [4.78, 5) is 13.1. The Bertz CT molecular complexity index is 1200. The van der Waals surface area contributed by atoms with E-state index in [1.807, 2.05) is 0 Å². The molecule has 3 aromatic rings. The van der Waals surface area contributed by atoms with E-state index < -0.39 is 11.6 Å². The molecule has 1 spiro atoms. The Hall–Kier alpha value is -1.55. The first-order chi connectivity index (χ1) is 13.8. The number of phenolic OH excluding ortho intramolecular Hbond substituents is 2. The van der Waals surface area contributed by atoms with Crippen LogP contribution < -0.4 is 4.74 Å². The summed E-state index contributed by atoms with van der Waals surface area (Å²) in [6.07, 6.45) is 0. The first-order valence-corrected chi connectivity index (χ1v) is 11.4. The number of hydrogen-bond acceptors (Lipinski definition) is 5. The summed E-state index contributed by atoms with van der Waals surface area (Å²) in [6, 6.07) is 9.26. The summed E-state index contributed by atoms with van der Waals surface area (Å²) in [7, 11) is 0. The lowest BCUT2D eigenvalue weighted by Crippen LogP contribution is -2.33. The van der Waals surface area contributed by atoms with E-state index >= 15 is 0 Å². The predicted molar refractivity (Wildman–Crippen MR) is 119 cm³/mol. The lowest BCUT2D eigenvalue weighted by molar-refractivity contribution is 0.0222. The second-order valence-corrected chi connectivity index (χ2v) is 9.71. The maximum atomic E-state index is 13.1. The van der Waals surface area contributed by atoms with Gasteiger partial charge in [0.25, 0.3) is 0 Å². The van der Waals surface area contributed by atoms with Crippen LogP contribution in [0.15, 0.2) is 54.3 Å². The Morgan fingerprint density at radius 2 is 1.28 bits per heavy atom. The molecule has 29 heavy (non-hydrogen) atoms. The van der Waals surface area contributed by atoms with Crippen LogP contribution in [0.1, 0.15) is 27.0 Å². The van der Waals surface area contributed by atoms with Crippen LogP contribution in [0.25, 0.3) is 0 Å². The molecule has 0 radical (unpaired) electrons. The molecule has 5 nitrogen and oxygen atoms in total. The highest BCUT2D eigenvalue weighted by molar-refractivity contribution is 9.15. The second-order valence-electron chi connectivity index (χ2n) is 6.54. The highest BCUT2D eigenvalue weighted by Crippen LogP contribution is 2.61. The largest absolute Gasteiger partial charge is 0.508 e. The van der Waals surface area contributed by atoms with Gasteiger partial charge in [-0.15, -0.1) is 0 Å². The Morgan fingerprint density at radius 1 is 0.759 bits per heavy atom. The molecule has 0 bridgehead atoms. The van der Waals surface area contributed by atoms with Gasteiger partial charge in [0.05, 0.1) is 5.56 Å². The predicted octanol–water partition coefficient (Wildman–Crippen LogP) is 6.72. The zero-order valence-corrected chi connectivity index (χ0v) is 20.4. The monoisotopic (exact) mass is 644 g/mol. The third kappa shape index (κ3) is 2.50. The number of phenols is 2. The van der Waals surface area contributed by atoms with E-state index in [9.17, 15) is 15.0 Å². The molecule has 0 saturated carbocycles. The SMILES string of the molecule is O=C1OC2(c3ccc(O)cc3Oc3cc(O)ccc32)c2c(Br)c(Br)c(Br)c(Br)c21. The van der Waals surface area contributed by atoms with E-state index in [1.54, 1.807) is 12.1 Å². The molecule has 2 aliphatic rings. The molecule has 0 unspecified atom stereocenters. The van der Waals surface area contributed by atoms with Crippen LogP contribution in [0, 0.1) is 0 Å². The summed E-state index contributed by atoms with van der Waals surface area (Å²) in [5, 5.41) is 20.0. The number of hydrogen-bond donors (Lipinski definition) is 2. The lowest BCUT2D eigenvalue weighted by Gasteiger charge is -2.37. The molecule has 0 aliphatic carbocycles. The molecule has 2 aliphatic heterocycles. The highest BCUT2D eigenvalue weighted by Gasteiger charge is 2.56. The summed E-state index contributed by atoms with van der Waals surface area (Å²) >= 11 is 14.2. The fraction of sp³-hybridized carbons (Fsp3) is 0.0500. The first-order valence-electron chi connectivity index (χ1n) is 8.20. The molecular weight excluding hydrogens is 640 g/mol. The minimum Gasteiger partial charge on any atom is -0.508 e. The van der Waals surface area contributed by atoms with Crippen molar-refractivity contribution >= 4 is 69.7 Å². The van der Waals surface area contributed by atoms with Crippen LogP contribution in [-0.2, 0) is 10.3 Å². The van der Waals surface area contributed by atoms with Crippen molar-refractivity contribution in [3.8, 4) is 23.0 Å². The second kappa shape index (κ2) is 6.47. The Labute approximate surface area is 198 Å². The van der Waals surface area contributed by atoms with Gasteiger partial charge >= 0.3 is 5.97 Å². The molecule has 0 fully saturated rings. The number of halogens is 4. The molecule has 0 atom stereocenters. The van der Waals surface area contributed by atoms with Gasteiger partial charge in [0.2, 0.25) is 0 Å². The molecular formula is C20H8Br4O5. The fourth-order valence-electron chi connectivity index (χ4n) is 3.81. The first kappa shape index (κ1) is 19.4. The van der Waals surface area contributed by atoms with Crippen LogP contribution >= 0.6 is 63.7 Å². The van der Waals surface area contributed by atoms with E-state index in [0.717, 1.165) is 0 Å². The van der Waals surface area contributed by atoms with Crippen LogP contribution in [0.5, 0.6) is 23.0 Å². The van der Waals surface area contributed by atoms with E-state index in [1.165, 1.54) is 24.3 Å². The number of aromatic hydroxyl groups is 2. The number of carbonyl (C=O) groups excluding carboxylic acids is 1. The zero-order chi connectivity index (χ0) is 20.7. The molecule has 2 heterocycles. The number of esters is 1. The Balaban J connectivity index is 1.98. The van der Waals surface area contributed by atoms with Gasteiger partial charge in [-0.3, -0.25) is 0 Å². The van der Waals surface area contributed by atoms with E-state index in [2.05, 4.69) is 63.7 Å². The molecule has 146 valence electrons. The van der Waals surface area contributed by atoms with E-state index in [-0.39, 0.29) is 11.5 Å². The number of carbonyl (C=O) groups is 1. The van der Waals surface area contributed by atoms with Crippen molar-refractivity contribution in [1.82, 2.24) is 0 Å². The number of fused-ring (bicyclic) bond motifs is 6. The van der Waals surface area contributed by atoms with Crippen molar-refractivity contribution < 1.29 is 24.5 Å². The van der Waals surface area contributed by atoms with Crippen LogP contribution in [0.4, 0.5) is 0 Å². The molecule has 2 N–H and O–H groups in total. The topological polar surface area (TPSA) is 76.0 Å². The summed E-state index contributed by atoms with van der Waals surface area (Å²) in [5.74, 6) is 0.144. The maximum Gasteiger partial charge on any atom is 0.341 e. The van der Waals surface area contributed by atoms with Gasteiger partial charge in [-0.1, -0.05) is 0 Å². The standard InChI is InChI=1S/C20H8Br4O5/c21-15-13-14(16(22)18(24)17(15)23)20(29-19(13)27)9-3-1-7(25)5-11(9)28-12-6-8(26)2-4-10(12)20/h1-6,25-26H. The minimum absolute atomic E-state index is 0.00397. The highest BCUT2D eigenvalue weighted by atomic mass is 79.9.